The fourth-order valence-electron chi connectivity index (χ4n) is 2.98. The zero-order chi connectivity index (χ0) is 19.1. The highest BCUT2D eigenvalue weighted by molar-refractivity contribution is 5.94. The molecule has 1 aliphatic heterocycles. The Morgan fingerprint density at radius 1 is 1.07 bits per heavy atom. The van der Waals surface area contributed by atoms with E-state index in [1.807, 2.05) is 18.2 Å². The summed E-state index contributed by atoms with van der Waals surface area (Å²) in [5.41, 5.74) is 1.14. The number of esters is 1. The Kier molecular flexibility index (Phi) is 6.38. The second-order valence-electron chi connectivity index (χ2n) is 6.30. The average Bonchev–Trinajstić information content (AvgIpc) is 2.70. The SMILES string of the molecule is CCOC(=O)c1ccc(NC(=O)CN2CCN(c3ccccn3)CC2)cc1. The molecule has 0 bridgehead atoms. The molecule has 1 aliphatic rings. The molecule has 1 amide bonds. The molecule has 0 aliphatic carbocycles. The van der Waals surface area contributed by atoms with Gasteiger partial charge in [-0.15, -0.1) is 0 Å². The van der Waals surface area contributed by atoms with Crippen LogP contribution in [0, 0.1) is 0 Å². The minimum Gasteiger partial charge on any atom is -0.462 e. The van der Waals surface area contributed by atoms with Gasteiger partial charge in [0, 0.05) is 38.1 Å². The number of nitrogens with one attached hydrogen (secondary N) is 1. The second-order valence-corrected chi connectivity index (χ2v) is 6.30. The minimum absolute atomic E-state index is 0.0647. The predicted molar refractivity (Wildman–Crippen MR) is 104 cm³/mol. The molecular weight excluding hydrogens is 344 g/mol. The number of benzene rings is 1. The van der Waals surface area contributed by atoms with Gasteiger partial charge in [0.15, 0.2) is 0 Å². The van der Waals surface area contributed by atoms with E-state index in [0.717, 1.165) is 32.0 Å². The maximum absolute atomic E-state index is 12.3. The van der Waals surface area contributed by atoms with Crippen molar-refractivity contribution in [2.45, 2.75) is 6.92 Å². The van der Waals surface area contributed by atoms with E-state index in [0.29, 0.717) is 24.4 Å². The maximum atomic E-state index is 12.3. The van der Waals surface area contributed by atoms with Gasteiger partial charge in [-0.2, -0.15) is 0 Å². The summed E-state index contributed by atoms with van der Waals surface area (Å²) in [6.45, 7) is 5.76. The molecule has 1 N–H and O–H groups in total. The summed E-state index contributed by atoms with van der Waals surface area (Å²) in [4.78, 5) is 32.7. The van der Waals surface area contributed by atoms with Crippen LogP contribution in [-0.4, -0.2) is 61.1 Å². The van der Waals surface area contributed by atoms with Crippen LogP contribution in [0.5, 0.6) is 0 Å². The standard InChI is InChI=1S/C20H24N4O3/c1-2-27-20(26)16-6-8-17(9-7-16)22-19(25)15-23-11-13-24(14-12-23)18-5-3-4-10-21-18/h3-10H,2,11-15H2,1H3,(H,22,25). The van der Waals surface area contributed by atoms with E-state index in [1.165, 1.54) is 0 Å². The van der Waals surface area contributed by atoms with Crippen LogP contribution in [0.2, 0.25) is 0 Å². The van der Waals surface area contributed by atoms with E-state index < -0.39 is 0 Å². The molecule has 1 saturated heterocycles. The molecule has 1 fully saturated rings. The summed E-state index contributed by atoms with van der Waals surface area (Å²) in [5.74, 6) is 0.551. The number of rotatable bonds is 6. The van der Waals surface area contributed by atoms with E-state index >= 15 is 0 Å². The van der Waals surface area contributed by atoms with Crippen LogP contribution in [0.25, 0.3) is 0 Å². The Balaban J connectivity index is 1.45. The quantitative estimate of drug-likeness (QED) is 0.787. The lowest BCUT2D eigenvalue weighted by Gasteiger charge is -2.34. The molecule has 2 aromatic rings. The van der Waals surface area contributed by atoms with Crippen molar-refractivity contribution >= 4 is 23.4 Å². The smallest absolute Gasteiger partial charge is 0.338 e. The maximum Gasteiger partial charge on any atom is 0.338 e. The van der Waals surface area contributed by atoms with E-state index in [2.05, 4.69) is 20.1 Å². The van der Waals surface area contributed by atoms with Gasteiger partial charge in [0.25, 0.3) is 0 Å². The van der Waals surface area contributed by atoms with Gasteiger partial charge in [-0.3, -0.25) is 9.69 Å². The largest absolute Gasteiger partial charge is 0.462 e. The van der Waals surface area contributed by atoms with Gasteiger partial charge in [-0.1, -0.05) is 6.07 Å². The van der Waals surface area contributed by atoms with Gasteiger partial charge >= 0.3 is 5.97 Å². The first-order valence-corrected chi connectivity index (χ1v) is 9.11. The van der Waals surface area contributed by atoms with Crippen molar-refractivity contribution in [3.63, 3.8) is 0 Å². The predicted octanol–water partition coefficient (Wildman–Crippen LogP) is 2.02. The van der Waals surface area contributed by atoms with Crippen LogP contribution in [0.1, 0.15) is 17.3 Å². The summed E-state index contributed by atoms with van der Waals surface area (Å²) in [6, 6.07) is 12.6. The Bertz CT molecular complexity index is 757. The van der Waals surface area contributed by atoms with Gasteiger partial charge in [0.05, 0.1) is 18.7 Å². The van der Waals surface area contributed by atoms with Gasteiger partial charge in [-0.05, 0) is 43.3 Å². The van der Waals surface area contributed by atoms with Crippen molar-refractivity contribution in [1.29, 1.82) is 0 Å². The summed E-state index contributed by atoms with van der Waals surface area (Å²) in [5, 5.41) is 2.87. The van der Waals surface area contributed by atoms with Crippen LogP contribution in [0.15, 0.2) is 48.7 Å². The fraction of sp³-hybridized carbons (Fsp3) is 0.350. The number of anilines is 2. The lowest BCUT2D eigenvalue weighted by molar-refractivity contribution is -0.117. The van der Waals surface area contributed by atoms with Crippen LogP contribution in [0.3, 0.4) is 0 Å². The molecule has 7 nitrogen and oxygen atoms in total. The summed E-state index contributed by atoms with van der Waals surface area (Å²) >= 11 is 0. The molecule has 2 heterocycles. The zero-order valence-corrected chi connectivity index (χ0v) is 15.4. The number of nitrogens with zero attached hydrogens (tertiary/aromatic N) is 3. The molecule has 27 heavy (non-hydrogen) atoms. The first-order chi connectivity index (χ1) is 13.2. The number of amides is 1. The highest BCUT2D eigenvalue weighted by atomic mass is 16.5. The number of hydrogen-bond acceptors (Lipinski definition) is 6. The van der Waals surface area contributed by atoms with Crippen LogP contribution < -0.4 is 10.2 Å². The van der Waals surface area contributed by atoms with Gasteiger partial charge in [0.1, 0.15) is 5.82 Å². The number of hydrogen-bond donors (Lipinski definition) is 1. The molecule has 0 unspecified atom stereocenters. The van der Waals surface area contributed by atoms with E-state index in [9.17, 15) is 9.59 Å². The highest BCUT2D eigenvalue weighted by Crippen LogP contribution is 2.13. The third-order valence-electron chi connectivity index (χ3n) is 4.39. The molecular formula is C20H24N4O3. The Morgan fingerprint density at radius 2 is 1.81 bits per heavy atom. The third kappa shape index (κ3) is 5.27. The van der Waals surface area contributed by atoms with E-state index in [1.54, 1.807) is 37.4 Å². The van der Waals surface area contributed by atoms with Crippen LogP contribution in [-0.2, 0) is 9.53 Å². The average molecular weight is 368 g/mol. The zero-order valence-electron chi connectivity index (χ0n) is 15.4. The Morgan fingerprint density at radius 3 is 2.44 bits per heavy atom. The van der Waals surface area contributed by atoms with Crippen molar-refractivity contribution < 1.29 is 14.3 Å². The van der Waals surface area contributed by atoms with Crippen molar-refractivity contribution in [3.05, 3.63) is 54.2 Å². The molecule has 3 rings (SSSR count). The molecule has 0 saturated carbocycles. The normalized spacial score (nSPS) is 14.6. The van der Waals surface area contributed by atoms with E-state index in [4.69, 9.17) is 4.74 Å². The number of carbonyl (C=O) groups is 2. The molecule has 0 spiro atoms. The Hall–Kier alpha value is -2.93. The Labute approximate surface area is 158 Å². The number of carbonyl (C=O) groups excluding carboxylic acids is 2. The number of piperazine rings is 1. The molecule has 0 radical (unpaired) electrons. The highest BCUT2D eigenvalue weighted by Gasteiger charge is 2.19. The van der Waals surface area contributed by atoms with Gasteiger partial charge in [-0.25, -0.2) is 9.78 Å². The lowest BCUT2D eigenvalue weighted by Crippen LogP contribution is -2.48. The number of aromatic nitrogens is 1. The molecule has 0 atom stereocenters. The van der Waals surface area contributed by atoms with Crippen molar-refractivity contribution in [2.75, 3.05) is 49.5 Å². The first-order valence-electron chi connectivity index (χ1n) is 9.11. The van der Waals surface area contributed by atoms with Gasteiger partial charge < -0.3 is 15.0 Å². The molecule has 142 valence electrons. The number of pyridine rings is 1. The summed E-state index contributed by atoms with van der Waals surface area (Å²) < 4.78 is 4.95. The van der Waals surface area contributed by atoms with Gasteiger partial charge in [0.2, 0.25) is 5.91 Å². The van der Waals surface area contributed by atoms with Crippen molar-refractivity contribution in [2.24, 2.45) is 0 Å². The van der Waals surface area contributed by atoms with Crippen LogP contribution >= 0.6 is 0 Å². The molecule has 1 aromatic carbocycles. The first kappa shape index (κ1) is 18.8. The second kappa shape index (κ2) is 9.14. The number of ether oxygens (including phenoxy) is 1. The fourth-order valence-corrected chi connectivity index (χ4v) is 2.98. The van der Waals surface area contributed by atoms with E-state index in [-0.39, 0.29) is 11.9 Å². The van der Waals surface area contributed by atoms with Crippen LogP contribution in [0.4, 0.5) is 11.5 Å². The molecule has 7 heteroatoms. The van der Waals surface area contributed by atoms with Crippen molar-refractivity contribution in [3.8, 4) is 0 Å². The topological polar surface area (TPSA) is 74.8 Å². The molecule has 1 aromatic heterocycles. The third-order valence-corrected chi connectivity index (χ3v) is 4.39. The summed E-state index contributed by atoms with van der Waals surface area (Å²) in [6.07, 6.45) is 1.79. The lowest BCUT2D eigenvalue weighted by atomic mass is 10.2. The monoisotopic (exact) mass is 368 g/mol. The van der Waals surface area contributed by atoms with Crippen molar-refractivity contribution in [1.82, 2.24) is 9.88 Å². The minimum atomic E-state index is -0.360. The summed E-state index contributed by atoms with van der Waals surface area (Å²) in [7, 11) is 0.